The van der Waals surface area contributed by atoms with Crippen molar-refractivity contribution in [3.05, 3.63) is 103 Å². The minimum atomic E-state index is -2.92. The zero-order chi connectivity index (χ0) is 23.9. The average Bonchev–Trinajstić information content (AvgIpc) is 2.81. The molecule has 33 heavy (non-hydrogen) atoms. The first-order valence-electron chi connectivity index (χ1n) is 10.7. The molecule has 3 aromatic carbocycles. The smallest absolute Gasteiger partial charge is 0.343 e. The summed E-state index contributed by atoms with van der Waals surface area (Å²) in [6.07, 6.45) is 2.59. The molecule has 0 fully saturated rings. The maximum atomic E-state index is 13.8. The van der Waals surface area contributed by atoms with E-state index in [4.69, 9.17) is 9.47 Å². The molecule has 4 nitrogen and oxygen atoms in total. The lowest BCUT2D eigenvalue weighted by Crippen LogP contribution is -2.40. The van der Waals surface area contributed by atoms with Gasteiger partial charge in [0.1, 0.15) is 10.9 Å². The molecule has 0 aliphatic heterocycles. The first-order valence-corrected chi connectivity index (χ1v) is 12.5. The lowest BCUT2D eigenvalue weighted by Gasteiger charge is -2.32. The van der Waals surface area contributed by atoms with Crippen molar-refractivity contribution in [1.29, 1.82) is 0 Å². The molecule has 170 valence electrons. The van der Waals surface area contributed by atoms with E-state index in [2.05, 4.69) is 0 Å². The Morgan fingerprint density at radius 3 is 1.45 bits per heavy atom. The van der Waals surface area contributed by atoms with Crippen LogP contribution >= 0.6 is 6.89 Å². The molecular weight excluding hydrogens is 431 g/mol. The lowest BCUT2D eigenvalue weighted by molar-refractivity contribution is -0.146. The number of methoxy groups -OCH3 is 1. The molecule has 0 aliphatic rings. The van der Waals surface area contributed by atoms with Gasteiger partial charge in [0.25, 0.3) is 0 Å². The molecule has 0 unspecified atom stereocenters. The molecular formula is C28H29O4P. The fourth-order valence-electron chi connectivity index (χ4n) is 3.73. The lowest BCUT2D eigenvalue weighted by atomic mass is 10.2. The monoisotopic (exact) mass is 460 g/mol. The predicted molar refractivity (Wildman–Crippen MR) is 137 cm³/mol. The van der Waals surface area contributed by atoms with Crippen LogP contribution in [-0.4, -0.2) is 29.8 Å². The molecule has 0 aromatic heterocycles. The molecule has 0 saturated carbocycles. The van der Waals surface area contributed by atoms with E-state index in [1.165, 1.54) is 19.4 Å². The van der Waals surface area contributed by atoms with Crippen LogP contribution in [0.2, 0.25) is 0 Å². The van der Waals surface area contributed by atoms with Gasteiger partial charge in [-0.05, 0) is 43.6 Å². The zero-order valence-electron chi connectivity index (χ0n) is 19.4. The Hall–Kier alpha value is -3.36. The highest BCUT2D eigenvalue weighted by atomic mass is 31.2. The highest BCUT2D eigenvalue weighted by Gasteiger charge is 2.38. The minimum absolute atomic E-state index is 0.106. The number of allylic oxidation sites excluding steroid dienone is 1. The number of ether oxygens (including phenoxy) is 2. The number of rotatable bonds is 7. The molecule has 5 heteroatoms. The zero-order valence-corrected chi connectivity index (χ0v) is 20.3. The van der Waals surface area contributed by atoms with Crippen LogP contribution in [0.25, 0.3) is 0 Å². The second-order valence-corrected chi connectivity index (χ2v) is 11.8. The molecule has 3 aromatic rings. The van der Waals surface area contributed by atoms with Crippen molar-refractivity contribution in [3.63, 3.8) is 0 Å². The third-order valence-electron chi connectivity index (χ3n) is 4.95. The summed E-state index contributed by atoms with van der Waals surface area (Å²) in [5, 5.41) is 2.78. The van der Waals surface area contributed by atoms with Gasteiger partial charge in [0.2, 0.25) is 0 Å². The van der Waals surface area contributed by atoms with Crippen LogP contribution in [0.5, 0.6) is 0 Å². The molecule has 0 amide bonds. The Morgan fingerprint density at radius 1 is 0.727 bits per heavy atom. The van der Waals surface area contributed by atoms with Crippen molar-refractivity contribution in [1.82, 2.24) is 0 Å². The summed E-state index contributed by atoms with van der Waals surface area (Å²) >= 11 is 0. The maximum Gasteiger partial charge on any atom is 0.343 e. The Balaban J connectivity index is 2.60. The number of ketones is 1. The van der Waals surface area contributed by atoms with Crippen LogP contribution in [-0.2, 0) is 19.1 Å². The van der Waals surface area contributed by atoms with Gasteiger partial charge >= 0.3 is 5.97 Å². The highest BCUT2D eigenvalue weighted by molar-refractivity contribution is 7.97. The number of esters is 1. The molecule has 0 N–H and O–H groups in total. The summed E-state index contributed by atoms with van der Waals surface area (Å²) in [5.41, 5.74) is -0.771. The Kier molecular flexibility index (Phi) is 7.73. The number of carbonyl (C=O) groups excluding carboxylic acids is 2. The minimum Gasteiger partial charge on any atom is -0.504 e. The fraction of sp³-hybridized carbons (Fsp3) is 0.179. The van der Waals surface area contributed by atoms with Gasteiger partial charge in [0, 0.05) is 6.08 Å². The largest absolute Gasteiger partial charge is 0.504 e. The predicted octanol–water partition coefficient (Wildman–Crippen LogP) is 4.22. The van der Waals surface area contributed by atoms with Gasteiger partial charge in [-0.2, -0.15) is 0 Å². The summed E-state index contributed by atoms with van der Waals surface area (Å²) in [7, 11) is 1.46. The molecule has 0 radical (unpaired) electrons. The van der Waals surface area contributed by atoms with Crippen LogP contribution in [0, 0.1) is 0 Å². The van der Waals surface area contributed by atoms with Gasteiger partial charge < -0.3 is 9.47 Å². The maximum absolute atomic E-state index is 13.8. The number of hydrogen-bond donors (Lipinski definition) is 0. The van der Waals surface area contributed by atoms with Gasteiger partial charge in [0.05, 0.1) is 13.4 Å². The normalized spacial score (nSPS) is 11.8. The first-order chi connectivity index (χ1) is 15.8. The molecule has 0 atom stereocenters. The third kappa shape index (κ3) is 5.35. The van der Waals surface area contributed by atoms with Crippen LogP contribution in [0.3, 0.4) is 0 Å². The number of hydrogen-bond acceptors (Lipinski definition) is 4. The van der Waals surface area contributed by atoms with Crippen LogP contribution in [0.1, 0.15) is 20.8 Å². The van der Waals surface area contributed by atoms with E-state index >= 15 is 0 Å². The van der Waals surface area contributed by atoms with Crippen LogP contribution in [0.15, 0.2) is 103 Å². The van der Waals surface area contributed by atoms with E-state index < -0.39 is 24.2 Å². The summed E-state index contributed by atoms with van der Waals surface area (Å²) in [6, 6.07) is 29.2. The molecule has 3 rings (SSSR count). The van der Waals surface area contributed by atoms with E-state index in [-0.39, 0.29) is 5.29 Å². The fourth-order valence-corrected chi connectivity index (χ4v) is 7.98. The second-order valence-electron chi connectivity index (χ2n) is 8.43. The SMILES string of the molecule is CO/C=C/C(=O)C(C(=O)OC(C)(C)C)=P(c1ccccc1)(c1ccccc1)c1ccccc1. The average molecular weight is 461 g/mol. The van der Waals surface area contributed by atoms with Crippen molar-refractivity contribution in [2.24, 2.45) is 0 Å². The van der Waals surface area contributed by atoms with Gasteiger partial charge in [-0.1, -0.05) is 91.0 Å². The van der Waals surface area contributed by atoms with Crippen molar-refractivity contribution in [2.45, 2.75) is 26.4 Å². The van der Waals surface area contributed by atoms with Crippen molar-refractivity contribution >= 4 is 39.8 Å². The topological polar surface area (TPSA) is 52.6 Å². The van der Waals surface area contributed by atoms with Gasteiger partial charge in [-0.25, -0.2) is 4.79 Å². The van der Waals surface area contributed by atoms with Gasteiger partial charge in [0.15, 0.2) is 5.78 Å². The Morgan fingerprint density at radius 2 is 1.12 bits per heavy atom. The summed E-state index contributed by atoms with van der Waals surface area (Å²) in [5.74, 6) is -1.06. The van der Waals surface area contributed by atoms with Crippen molar-refractivity contribution in [3.8, 4) is 0 Å². The summed E-state index contributed by atoms with van der Waals surface area (Å²) in [4.78, 5) is 27.5. The molecule has 0 heterocycles. The molecule has 0 spiro atoms. The van der Waals surface area contributed by atoms with E-state index in [1.54, 1.807) is 20.8 Å². The van der Waals surface area contributed by atoms with E-state index in [9.17, 15) is 9.59 Å². The summed E-state index contributed by atoms with van der Waals surface area (Å²) in [6.45, 7) is 2.48. The first kappa shape index (κ1) is 24.3. The third-order valence-corrected chi connectivity index (χ3v) is 9.24. The van der Waals surface area contributed by atoms with Crippen molar-refractivity contribution < 1.29 is 19.1 Å². The van der Waals surface area contributed by atoms with Crippen LogP contribution < -0.4 is 15.9 Å². The highest BCUT2D eigenvalue weighted by Crippen LogP contribution is 2.47. The molecule has 0 saturated heterocycles. The summed E-state index contributed by atoms with van der Waals surface area (Å²) < 4.78 is 10.8. The second kappa shape index (κ2) is 10.5. The number of benzene rings is 3. The van der Waals surface area contributed by atoms with E-state index in [0.29, 0.717) is 0 Å². The quantitative estimate of drug-likeness (QED) is 0.174. The van der Waals surface area contributed by atoms with Crippen LogP contribution in [0.4, 0.5) is 0 Å². The van der Waals surface area contributed by atoms with E-state index in [0.717, 1.165) is 15.9 Å². The Labute approximate surface area is 195 Å². The molecule has 0 bridgehead atoms. The Bertz CT molecular complexity index is 1070. The van der Waals surface area contributed by atoms with Crippen molar-refractivity contribution in [2.75, 3.05) is 7.11 Å². The van der Waals surface area contributed by atoms with E-state index in [1.807, 2.05) is 91.0 Å². The molecule has 0 aliphatic carbocycles. The van der Waals surface area contributed by atoms with Gasteiger partial charge in [-0.3, -0.25) is 4.79 Å². The van der Waals surface area contributed by atoms with Gasteiger partial charge in [-0.15, -0.1) is 0 Å². The number of carbonyl (C=O) groups is 2. The standard InChI is InChI=1S/C28H29O4P/c1-28(2,3)32-27(30)26(25(29)20-21-31-4)33(22-14-8-5-9-15-22,23-16-10-6-11-17-23)24-18-12-7-13-19-24/h5-21H,1-4H3/b21-20+.